The van der Waals surface area contributed by atoms with E-state index in [1.54, 1.807) is 0 Å². The Morgan fingerprint density at radius 2 is 2.21 bits per heavy atom. The fourth-order valence-electron chi connectivity index (χ4n) is 1.79. The summed E-state index contributed by atoms with van der Waals surface area (Å²) in [5.74, 6) is -0.218. The second-order valence-corrected chi connectivity index (χ2v) is 4.05. The van der Waals surface area contributed by atoms with Crippen LogP contribution in [0, 0.1) is 0 Å². The average Bonchev–Trinajstić information content (AvgIpc) is 2.01. The van der Waals surface area contributed by atoms with Crippen molar-refractivity contribution in [2.45, 2.75) is 32.2 Å². The van der Waals surface area contributed by atoms with Crippen molar-refractivity contribution < 1.29 is 9.59 Å². The Morgan fingerprint density at radius 1 is 1.50 bits per heavy atom. The molecule has 4 heteroatoms. The molecule has 4 nitrogen and oxygen atoms in total. The first kappa shape index (κ1) is 11.2. The van der Waals surface area contributed by atoms with Crippen molar-refractivity contribution in [2.75, 3.05) is 20.1 Å². The number of carbonyl (C=O) groups is 2. The van der Waals surface area contributed by atoms with Crippen LogP contribution in [0.25, 0.3) is 0 Å². The summed E-state index contributed by atoms with van der Waals surface area (Å²) < 4.78 is 0. The van der Waals surface area contributed by atoms with E-state index < -0.39 is 0 Å². The largest absolute Gasteiger partial charge is 0.352 e. The molecule has 0 aromatic carbocycles. The van der Waals surface area contributed by atoms with Gasteiger partial charge in [-0.1, -0.05) is 0 Å². The zero-order valence-electron chi connectivity index (χ0n) is 8.88. The van der Waals surface area contributed by atoms with Gasteiger partial charge in [-0.2, -0.15) is 0 Å². The van der Waals surface area contributed by atoms with Crippen molar-refractivity contribution >= 4 is 11.7 Å². The van der Waals surface area contributed by atoms with Crippen LogP contribution in [0.5, 0.6) is 0 Å². The van der Waals surface area contributed by atoms with E-state index in [4.69, 9.17) is 0 Å². The highest BCUT2D eigenvalue weighted by Crippen LogP contribution is 2.07. The Kier molecular flexibility index (Phi) is 4.07. The Labute approximate surface area is 84.7 Å². The molecular formula is C10H18N2O2. The Morgan fingerprint density at radius 3 is 2.79 bits per heavy atom. The first-order chi connectivity index (χ1) is 6.58. The molecule has 1 unspecified atom stereocenters. The van der Waals surface area contributed by atoms with Gasteiger partial charge in [0.1, 0.15) is 5.78 Å². The van der Waals surface area contributed by atoms with E-state index in [2.05, 4.69) is 10.2 Å². The summed E-state index contributed by atoms with van der Waals surface area (Å²) in [6, 6.07) is 0.223. The molecule has 1 rings (SSSR count). The maximum absolute atomic E-state index is 11.3. The molecule has 0 spiro atoms. The zero-order valence-corrected chi connectivity index (χ0v) is 8.88. The molecule has 1 aliphatic rings. The van der Waals surface area contributed by atoms with Crippen molar-refractivity contribution in [1.82, 2.24) is 10.2 Å². The minimum Gasteiger partial charge on any atom is -0.352 e. The smallest absolute Gasteiger partial charge is 0.227 e. The molecule has 1 heterocycles. The molecule has 80 valence electrons. The molecule has 0 aromatic heterocycles. The van der Waals surface area contributed by atoms with Gasteiger partial charge < -0.3 is 10.2 Å². The van der Waals surface area contributed by atoms with Gasteiger partial charge in [0, 0.05) is 12.6 Å². The van der Waals surface area contributed by atoms with Gasteiger partial charge in [0.15, 0.2) is 0 Å². The Bertz CT molecular complexity index is 228. The number of carbonyl (C=O) groups excluding carboxylic acids is 2. The van der Waals surface area contributed by atoms with E-state index in [1.807, 2.05) is 7.05 Å². The molecule has 0 radical (unpaired) electrons. The third-order valence-corrected chi connectivity index (χ3v) is 2.40. The quantitative estimate of drug-likeness (QED) is 0.658. The summed E-state index contributed by atoms with van der Waals surface area (Å²) in [6.45, 7) is 3.43. The predicted octanol–water partition coefficient (Wildman–Crippen LogP) is 0.176. The monoisotopic (exact) mass is 198 g/mol. The lowest BCUT2D eigenvalue weighted by molar-refractivity contribution is -0.127. The maximum Gasteiger partial charge on any atom is 0.227 e. The molecule has 0 bridgehead atoms. The van der Waals surface area contributed by atoms with Crippen LogP contribution < -0.4 is 5.32 Å². The van der Waals surface area contributed by atoms with Crippen molar-refractivity contribution in [3.05, 3.63) is 0 Å². The van der Waals surface area contributed by atoms with Crippen LogP contribution in [0.2, 0.25) is 0 Å². The number of likely N-dealkylation sites (N-methyl/N-ethyl adjacent to an activating group) is 1. The van der Waals surface area contributed by atoms with Gasteiger partial charge in [-0.25, -0.2) is 0 Å². The minimum atomic E-state index is -0.141. The summed E-state index contributed by atoms with van der Waals surface area (Å²) in [4.78, 5) is 24.2. The van der Waals surface area contributed by atoms with Gasteiger partial charge in [0.05, 0.1) is 6.42 Å². The fourth-order valence-corrected chi connectivity index (χ4v) is 1.79. The molecule has 1 fully saturated rings. The minimum absolute atomic E-state index is 0.0141. The first-order valence-corrected chi connectivity index (χ1v) is 5.05. The van der Waals surface area contributed by atoms with Gasteiger partial charge in [0.25, 0.3) is 0 Å². The number of amides is 1. The number of nitrogens with one attached hydrogen (secondary N) is 1. The van der Waals surface area contributed by atoms with Crippen LogP contribution in [0.1, 0.15) is 26.2 Å². The van der Waals surface area contributed by atoms with Crippen LogP contribution >= 0.6 is 0 Å². The summed E-state index contributed by atoms with van der Waals surface area (Å²) in [6.07, 6.45) is 2.15. The third-order valence-electron chi connectivity index (χ3n) is 2.40. The fraction of sp³-hybridized carbons (Fsp3) is 0.800. The third kappa shape index (κ3) is 3.87. The predicted molar refractivity (Wildman–Crippen MR) is 54.0 cm³/mol. The molecule has 0 saturated carbocycles. The number of hydrogen-bond acceptors (Lipinski definition) is 3. The van der Waals surface area contributed by atoms with Gasteiger partial charge in [-0.05, 0) is 33.4 Å². The lowest BCUT2D eigenvalue weighted by Gasteiger charge is -2.30. The highest BCUT2D eigenvalue weighted by atomic mass is 16.2. The maximum atomic E-state index is 11.3. The van der Waals surface area contributed by atoms with Gasteiger partial charge in [-0.15, -0.1) is 0 Å². The highest BCUT2D eigenvalue weighted by Gasteiger charge is 2.18. The molecule has 1 saturated heterocycles. The lowest BCUT2D eigenvalue weighted by Crippen LogP contribution is -2.46. The lowest BCUT2D eigenvalue weighted by atomic mass is 10.1. The molecular weight excluding hydrogens is 180 g/mol. The van der Waals surface area contributed by atoms with Gasteiger partial charge in [-0.3, -0.25) is 9.59 Å². The number of ketones is 1. The van der Waals surface area contributed by atoms with Crippen LogP contribution in [0.4, 0.5) is 0 Å². The normalized spacial score (nSPS) is 23.1. The Balaban J connectivity index is 2.28. The molecule has 1 aliphatic heterocycles. The van der Waals surface area contributed by atoms with Crippen LogP contribution in [-0.4, -0.2) is 42.8 Å². The highest BCUT2D eigenvalue weighted by molar-refractivity contribution is 5.96. The van der Waals surface area contributed by atoms with Crippen molar-refractivity contribution in [3.63, 3.8) is 0 Å². The number of hydrogen-bond donors (Lipinski definition) is 1. The summed E-state index contributed by atoms with van der Waals surface area (Å²) in [5.41, 5.74) is 0. The van der Waals surface area contributed by atoms with E-state index >= 15 is 0 Å². The van der Waals surface area contributed by atoms with E-state index in [0.717, 1.165) is 25.9 Å². The molecule has 1 N–H and O–H groups in total. The van der Waals surface area contributed by atoms with Crippen LogP contribution in [-0.2, 0) is 9.59 Å². The Hall–Kier alpha value is -0.900. The molecule has 1 amide bonds. The molecule has 14 heavy (non-hydrogen) atoms. The number of Topliss-reactive ketones (excluding diaryl/α,β-unsaturated/α-hetero) is 1. The SMILES string of the molecule is CC(=O)CC(=O)NC1CCCN(C)C1. The number of likely N-dealkylation sites (tertiary alicyclic amines) is 1. The second kappa shape index (κ2) is 5.10. The van der Waals surface area contributed by atoms with Crippen molar-refractivity contribution in [2.24, 2.45) is 0 Å². The van der Waals surface area contributed by atoms with Crippen molar-refractivity contribution in [3.8, 4) is 0 Å². The van der Waals surface area contributed by atoms with E-state index in [-0.39, 0.29) is 24.2 Å². The molecule has 0 aromatic rings. The average molecular weight is 198 g/mol. The standard InChI is InChI=1S/C10H18N2O2/c1-8(13)6-10(14)11-9-4-3-5-12(2)7-9/h9H,3-7H2,1-2H3,(H,11,14). The number of nitrogens with zero attached hydrogens (tertiary/aromatic N) is 1. The van der Waals surface area contributed by atoms with Crippen molar-refractivity contribution in [1.29, 1.82) is 0 Å². The van der Waals surface area contributed by atoms with Crippen LogP contribution in [0.15, 0.2) is 0 Å². The molecule has 0 aliphatic carbocycles. The summed E-state index contributed by atoms with van der Waals surface area (Å²) in [5, 5.41) is 2.88. The second-order valence-electron chi connectivity index (χ2n) is 4.05. The van der Waals surface area contributed by atoms with E-state index in [0.29, 0.717) is 0 Å². The summed E-state index contributed by atoms with van der Waals surface area (Å²) in [7, 11) is 2.04. The molecule has 1 atom stereocenters. The van der Waals surface area contributed by atoms with Crippen LogP contribution in [0.3, 0.4) is 0 Å². The number of piperidine rings is 1. The summed E-state index contributed by atoms with van der Waals surface area (Å²) >= 11 is 0. The van der Waals surface area contributed by atoms with E-state index in [1.165, 1.54) is 6.92 Å². The zero-order chi connectivity index (χ0) is 10.6. The number of rotatable bonds is 3. The van der Waals surface area contributed by atoms with Gasteiger partial charge >= 0.3 is 0 Å². The van der Waals surface area contributed by atoms with Gasteiger partial charge in [0.2, 0.25) is 5.91 Å². The van der Waals surface area contributed by atoms with E-state index in [9.17, 15) is 9.59 Å². The topological polar surface area (TPSA) is 49.4 Å². The first-order valence-electron chi connectivity index (χ1n) is 5.05.